The van der Waals surface area contributed by atoms with Gasteiger partial charge in [0, 0.05) is 5.56 Å². The summed E-state index contributed by atoms with van der Waals surface area (Å²) >= 11 is 0. The number of rotatable bonds is 2. The molecule has 1 N–H and O–H groups in total. The van der Waals surface area contributed by atoms with Gasteiger partial charge in [0.1, 0.15) is 0 Å². The molecule has 1 saturated carbocycles. The van der Waals surface area contributed by atoms with Crippen molar-refractivity contribution in [3.63, 3.8) is 0 Å². The lowest BCUT2D eigenvalue weighted by Gasteiger charge is -1.99. The van der Waals surface area contributed by atoms with Crippen LogP contribution in [0.25, 0.3) is 11.4 Å². The molecule has 1 fully saturated rings. The Kier molecular flexibility index (Phi) is 1.59. The van der Waals surface area contributed by atoms with E-state index in [1.54, 1.807) is 0 Å². The first-order valence-corrected chi connectivity index (χ1v) is 4.77. The summed E-state index contributed by atoms with van der Waals surface area (Å²) < 4.78 is 0. The van der Waals surface area contributed by atoms with Crippen molar-refractivity contribution in [3.8, 4) is 11.4 Å². The third kappa shape index (κ3) is 1.28. The van der Waals surface area contributed by atoms with E-state index in [4.69, 9.17) is 0 Å². The molecule has 0 radical (unpaired) electrons. The number of hydrogen-bond acceptors (Lipinski definition) is 3. The standard InChI is InChI=1S/C10H10N4/c1-2-8(7-4-5-7)6-9(3-1)10-11-13-14-12-10/h1-3,6-7H,4-5H2,(H,11,12,13,14). The second-order valence-electron chi connectivity index (χ2n) is 3.64. The maximum absolute atomic E-state index is 3.96. The topological polar surface area (TPSA) is 54.5 Å². The Balaban J connectivity index is 2.02. The molecule has 0 spiro atoms. The number of tetrazole rings is 1. The molecule has 70 valence electrons. The second kappa shape index (κ2) is 2.90. The van der Waals surface area contributed by atoms with Gasteiger partial charge in [-0.2, -0.15) is 5.21 Å². The predicted octanol–water partition coefficient (Wildman–Crippen LogP) is 1.74. The van der Waals surface area contributed by atoms with Gasteiger partial charge in [-0.3, -0.25) is 0 Å². The predicted molar refractivity (Wildman–Crippen MR) is 51.6 cm³/mol. The van der Waals surface area contributed by atoms with Crippen molar-refractivity contribution < 1.29 is 0 Å². The Morgan fingerprint density at radius 3 is 2.93 bits per heavy atom. The van der Waals surface area contributed by atoms with Crippen LogP contribution >= 0.6 is 0 Å². The van der Waals surface area contributed by atoms with Gasteiger partial charge in [-0.05, 0) is 35.6 Å². The molecule has 0 aliphatic heterocycles. The molecule has 2 aromatic rings. The van der Waals surface area contributed by atoms with E-state index in [1.165, 1.54) is 18.4 Å². The summed E-state index contributed by atoms with van der Waals surface area (Å²) in [7, 11) is 0. The van der Waals surface area contributed by atoms with E-state index in [2.05, 4.69) is 38.8 Å². The summed E-state index contributed by atoms with van der Waals surface area (Å²) in [6.45, 7) is 0. The molecule has 1 aromatic heterocycles. The first-order valence-electron chi connectivity index (χ1n) is 4.77. The van der Waals surface area contributed by atoms with Gasteiger partial charge in [-0.1, -0.05) is 18.2 Å². The van der Waals surface area contributed by atoms with Gasteiger partial charge in [-0.15, -0.1) is 10.2 Å². The highest BCUT2D eigenvalue weighted by molar-refractivity contribution is 5.55. The highest BCUT2D eigenvalue weighted by atomic mass is 15.5. The fourth-order valence-corrected chi connectivity index (χ4v) is 1.63. The first-order chi connectivity index (χ1) is 6.93. The van der Waals surface area contributed by atoms with Crippen molar-refractivity contribution in [2.24, 2.45) is 0 Å². The van der Waals surface area contributed by atoms with Crippen LogP contribution in [-0.2, 0) is 0 Å². The Labute approximate surface area is 81.4 Å². The van der Waals surface area contributed by atoms with Gasteiger partial charge in [0.25, 0.3) is 0 Å². The van der Waals surface area contributed by atoms with Gasteiger partial charge in [0.2, 0.25) is 5.82 Å². The molecule has 0 bridgehead atoms. The average molecular weight is 186 g/mol. The maximum Gasteiger partial charge on any atom is 0.204 e. The number of nitrogens with zero attached hydrogens (tertiary/aromatic N) is 3. The van der Waals surface area contributed by atoms with Crippen molar-refractivity contribution >= 4 is 0 Å². The number of benzene rings is 1. The van der Waals surface area contributed by atoms with Crippen LogP contribution in [0, 0.1) is 0 Å². The van der Waals surface area contributed by atoms with Gasteiger partial charge >= 0.3 is 0 Å². The minimum Gasteiger partial charge on any atom is -0.177 e. The van der Waals surface area contributed by atoms with E-state index < -0.39 is 0 Å². The van der Waals surface area contributed by atoms with Crippen LogP contribution in [-0.4, -0.2) is 20.6 Å². The molecule has 1 aliphatic carbocycles. The largest absolute Gasteiger partial charge is 0.204 e. The number of aromatic amines is 1. The van der Waals surface area contributed by atoms with Crippen molar-refractivity contribution in [3.05, 3.63) is 29.8 Å². The second-order valence-corrected chi connectivity index (χ2v) is 3.64. The highest BCUT2D eigenvalue weighted by Gasteiger charge is 2.23. The van der Waals surface area contributed by atoms with Gasteiger partial charge in [0.05, 0.1) is 0 Å². The molecule has 0 saturated heterocycles. The van der Waals surface area contributed by atoms with E-state index in [-0.39, 0.29) is 0 Å². The Bertz CT molecular complexity index is 431. The molecule has 4 nitrogen and oxygen atoms in total. The zero-order chi connectivity index (χ0) is 9.38. The van der Waals surface area contributed by atoms with Gasteiger partial charge in [0.15, 0.2) is 0 Å². The summed E-state index contributed by atoms with van der Waals surface area (Å²) in [5.41, 5.74) is 2.44. The summed E-state index contributed by atoms with van der Waals surface area (Å²) in [6, 6.07) is 8.39. The van der Waals surface area contributed by atoms with E-state index in [9.17, 15) is 0 Å². The Morgan fingerprint density at radius 1 is 1.29 bits per heavy atom. The molecule has 1 aromatic carbocycles. The van der Waals surface area contributed by atoms with Crippen molar-refractivity contribution in [2.45, 2.75) is 18.8 Å². The monoisotopic (exact) mass is 186 g/mol. The van der Waals surface area contributed by atoms with Crippen molar-refractivity contribution in [2.75, 3.05) is 0 Å². The molecule has 0 amide bonds. The fourth-order valence-electron chi connectivity index (χ4n) is 1.63. The Hall–Kier alpha value is -1.71. The summed E-state index contributed by atoms with van der Waals surface area (Å²) in [5, 5.41) is 13.9. The van der Waals surface area contributed by atoms with Crippen molar-refractivity contribution in [1.29, 1.82) is 0 Å². The third-order valence-electron chi connectivity index (χ3n) is 2.54. The average Bonchev–Trinajstić information content (AvgIpc) is 2.94. The van der Waals surface area contributed by atoms with E-state index in [0.29, 0.717) is 5.82 Å². The first kappa shape index (κ1) is 7.67. The van der Waals surface area contributed by atoms with E-state index in [1.807, 2.05) is 6.07 Å². The maximum atomic E-state index is 3.96. The molecule has 1 heterocycles. The van der Waals surface area contributed by atoms with E-state index in [0.717, 1.165) is 11.5 Å². The molecule has 0 unspecified atom stereocenters. The molecule has 0 atom stereocenters. The number of nitrogens with one attached hydrogen (secondary N) is 1. The number of hydrogen-bond donors (Lipinski definition) is 1. The van der Waals surface area contributed by atoms with Crippen LogP contribution in [0.3, 0.4) is 0 Å². The number of H-pyrrole nitrogens is 1. The van der Waals surface area contributed by atoms with Crippen molar-refractivity contribution in [1.82, 2.24) is 20.6 Å². The minimum absolute atomic E-state index is 0.674. The SMILES string of the molecule is c1cc(-c2nn[nH]n2)cc(C2CC2)c1. The van der Waals surface area contributed by atoms with Crippen LogP contribution in [0.5, 0.6) is 0 Å². The van der Waals surface area contributed by atoms with Crippen LogP contribution in [0.4, 0.5) is 0 Å². The van der Waals surface area contributed by atoms with Crippen LogP contribution in [0.15, 0.2) is 24.3 Å². The lowest BCUT2D eigenvalue weighted by atomic mass is 10.1. The van der Waals surface area contributed by atoms with E-state index >= 15 is 0 Å². The molecule has 1 aliphatic rings. The lowest BCUT2D eigenvalue weighted by Crippen LogP contribution is -1.84. The quantitative estimate of drug-likeness (QED) is 0.777. The summed E-state index contributed by atoms with van der Waals surface area (Å²) in [4.78, 5) is 0. The molecular weight excluding hydrogens is 176 g/mol. The third-order valence-corrected chi connectivity index (χ3v) is 2.54. The molecule has 14 heavy (non-hydrogen) atoms. The zero-order valence-electron chi connectivity index (χ0n) is 7.64. The summed E-state index contributed by atoms with van der Waals surface area (Å²) in [6.07, 6.45) is 2.63. The fraction of sp³-hybridized carbons (Fsp3) is 0.300. The molecule has 4 heteroatoms. The highest BCUT2D eigenvalue weighted by Crippen LogP contribution is 2.40. The normalized spacial score (nSPS) is 15.7. The minimum atomic E-state index is 0.674. The van der Waals surface area contributed by atoms with Crippen LogP contribution < -0.4 is 0 Å². The Morgan fingerprint density at radius 2 is 2.21 bits per heavy atom. The summed E-state index contributed by atoms with van der Waals surface area (Å²) in [5.74, 6) is 1.44. The smallest absolute Gasteiger partial charge is 0.177 e. The molecular formula is C10H10N4. The van der Waals surface area contributed by atoms with Crippen LogP contribution in [0.2, 0.25) is 0 Å². The number of aromatic nitrogens is 4. The van der Waals surface area contributed by atoms with Gasteiger partial charge in [-0.25, -0.2) is 0 Å². The van der Waals surface area contributed by atoms with Gasteiger partial charge < -0.3 is 0 Å². The lowest BCUT2D eigenvalue weighted by molar-refractivity contribution is 0.881. The van der Waals surface area contributed by atoms with Crippen LogP contribution in [0.1, 0.15) is 24.3 Å². The zero-order valence-corrected chi connectivity index (χ0v) is 7.64. The molecule has 3 rings (SSSR count).